The van der Waals surface area contributed by atoms with Gasteiger partial charge in [-0.1, -0.05) is 30.1 Å². The maximum Gasteiger partial charge on any atom is 0.110 e. The summed E-state index contributed by atoms with van der Waals surface area (Å²) in [5.74, 6) is 1.16. The normalized spacial score (nSPS) is 16.9. The van der Waals surface area contributed by atoms with Crippen LogP contribution in [0.3, 0.4) is 0 Å². The van der Waals surface area contributed by atoms with Gasteiger partial charge in [0, 0.05) is 12.5 Å². The SMILES string of the molecule is CCCc1nc2cc(Cl)c(Cl)cc2n1C1CCNCC1. The summed E-state index contributed by atoms with van der Waals surface area (Å²) in [7, 11) is 0. The molecular weight excluding hydrogens is 293 g/mol. The average Bonchev–Trinajstić information content (AvgIpc) is 2.78. The van der Waals surface area contributed by atoms with Crippen molar-refractivity contribution in [3.8, 4) is 0 Å². The van der Waals surface area contributed by atoms with Gasteiger partial charge in [-0.2, -0.15) is 0 Å². The predicted molar refractivity (Wildman–Crippen MR) is 84.9 cm³/mol. The fourth-order valence-electron chi connectivity index (χ4n) is 3.01. The lowest BCUT2D eigenvalue weighted by Crippen LogP contribution is -2.30. The van der Waals surface area contributed by atoms with Crippen LogP contribution in [0.1, 0.15) is 38.1 Å². The summed E-state index contributed by atoms with van der Waals surface area (Å²) in [6.07, 6.45) is 4.37. The molecule has 108 valence electrons. The fraction of sp³-hybridized carbons (Fsp3) is 0.533. The topological polar surface area (TPSA) is 29.9 Å². The van der Waals surface area contributed by atoms with Gasteiger partial charge in [0.2, 0.25) is 0 Å². The molecule has 0 spiro atoms. The molecule has 2 aromatic rings. The van der Waals surface area contributed by atoms with E-state index in [1.54, 1.807) is 0 Å². The zero-order chi connectivity index (χ0) is 14.1. The molecule has 1 fully saturated rings. The molecule has 1 aliphatic rings. The molecule has 5 heteroatoms. The van der Waals surface area contributed by atoms with Crippen LogP contribution in [0.25, 0.3) is 11.0 Å². The highest BCUT2D eigenvalue weighted by atomic mass is 35.5. The number of halogens is 2. The Morgan fingerprint density at radius 2 is 1.95 bits per heavy atom. The molecule has 0 radical (unpaired) electrons. The number of nitrogens with one attached hydrogen (secondary N) is 1. The van der Waals surface area contributed by atoms with Crippen molar-refractivity contribution in [1.82, 2.24) is 14.9 Å². The van der Waals surface area contributed by atoms with E-state index in [1.807, 2.05) is 12.1 Å². The van der Waals surface area contributed by atoms with Gasteiger partial charge in [-0.25, -0.2) is 4.98 Å². The Hall–Kier alpha value is -0.770. The third-order valence-corrected chi connectivity index (χ3v) is 4.67. The van der Waals surface area contributed by atoms with E-state index in [1.165, 1.54) is 0 Å². The van der Waals surface area contributed by atoms with Gasteiger partial charge < -0.3 is 9.88 Å². The quantitative estimate of drug-likeness (QED) is 0.919. The number of fused-ring (bicyclic) bond motifs is 1. The summed E-state index contributed by atoms with van der Waals surface area (Å²) >= 11 is 12.3. The molecule has 1 aromatic heterocycles. The summed E-state index contributed by atoms with van der Waals surface area (Å²) in [6, 6.07) is 4.36. The van der Waals surface area contributed by atoms with Crippen molar-refractivity contribution >= 4 is 34.2 Å². The van der Waals surface area contributed by atoms with Crippen molar-refractivity contribution in [3.05, 3.63) is 28.0 Å². The summed E-state index contributed by atoms with van der Waals surface area (Å²) in [5, 5.41) is 4.61. The van der Waals surface area contributed by atoms with Crippen molar-refractivity contribution in [2.45, 2.75) is 38.6 Å². The lowest BCUT2D eigenvalue weighted by Gasteiger charge is -2.26. The predicted octanol–water partition coefficient (Wildman–Crippen LogP) is 4.22. The Morgan fingerprint density at radius 1 is 1.25 bits per heavy atom. The van der Waals surface area contributed by atoms with Gasteiger partial charge in [-0.3, -0.25) is 0 Å². The highest BCUT2D eigenvalue weighted by molar-refractivity contribution is 6.42. The number of piperidine rings is 1. The number of nitrogens with zero attached hydrogens (tertiary/aromatic N) is 2. The monoisotopic (exact) mass is 311 g/mol. The molecule has 0 atom stereocenters. The van der Waals surface area contributed by atoms with Gasteiger partial charge in [0.25, 0.3) is 0 Å². The second-order valence-corrected chi connectivity index (χ2v) is 6.20. The van der Waals surface area contributed by atoms with Crippen molar-refractivity contribution in [3.63, 3.8) is 0 Å². The summed E-state index contributed by atoms with van der Waals surface area (Å²) < 4.78 is 2.39. The molecule has 1 aromatic carbocycles. The van der Waals surface area contributed by atoms with Crippen LogP contribution in [0.4, 0.5) is 0 Å². The molecule has 0 aliphatic carbocycles. The van der Waals surface area contributed by atoms with Gasteiger partial charge >= 0.3 is 0 Å². The maximum absolute atomic E-state index is 6.20. The van der Waals surface area contributed by atoms with Crippen LogP contribution in [0, 0.1) is 0 Å². The van der Waals surface area contributed by atoms with E-state index in [9.17, 15) is 0 Å². The molecule has 1 N–H and O–H groups in total. The van der Waals surface area contributed by atoms with Gasteiger partial charge in [0.15, 0.2) is 0 Å². The molecule has 0 unspecified atom stereocenters. The number of benzene rings is 1. The van der Waals surface area contributed by atoms with Crippen LogP contribution in [0.2, 0.25) is 10.0 Å². The molecule has 3 rings (SSSR count). The molecular formula is C15H19Cl2N3. The number of aryl methyl sites for hydroxylation is 1. The Bertz CT molecular complexity index is 615. The second-order valence-electron chi connectivity index (χ2n) is 5.38. The first-order valence-corrected chi connectivity index (χ1v) is 8.03. The summed E-state index contributed by atoms with van der Waals surface area (Å²) in [6.45, 7) is 4.32. The third kappa shape index (κ3) is 2.54. The Morgan fingerprint density at radius 3 is 2.65 bits per heavy atom. The fourth-order valence-corrected chi connectivity index (χ4v) is 3.33. The molecule has 1 saturated heterocycles. The Kier molecular flexibility index (Phi) is 4.20. The number of hydrogen-bond acceptors (Lipinski definition) is 2. The van der Waals surface area contributed by atoms with Crippen molar-refractivity contribution in [2.24, 2.45) is 0 Å². The van der Waals surface area contributed by atoms with E-state index >= 15 is 0 Å². The average molecular weight is 312 g/mol. The van der Waals surface area contributed by atoms with E-state index in [0.29, 0.717) is 16.1 Å². The number of hydrogen-bond donors (Lipinski definition) is 1. The van der Waals surface area contributed by atoms with Crippen LogP contribution in [0.15, 0.2) is 12.1 Å². The lowest BCUT2D eigenvalue weighted by atomic mass is 10.1. The summed E-state index contributed by atoms with van der Waals surface area (Å²) in [4.78, 5) is 4.78. The third-order valence-electron chi connectivity index (χ3n) is 3.95. The Labute approximate surface area is 129 Å². The molecule has 3 nitrogen and oxygen atoms in total. The minimum Gasteiger partial charge on any atom is -0.325 e. The first kappa shape index (κ1) is 14.2. The van der Waals surface area contributed by atoms with Crippen LogP contribution in [-0.2, 0) is 6.42 Å². The maximum atomic E-state index is 6.20. The molecule has 2 heterocycles. The largest absolute Gasteiger partial charge is 0.325 e. The zero-order valence-electron chi connectivity index (χ0n) is 11.6. The minimum absolute atomic E-state index is 0.514. The zero-order valence-corrected chi connectivity index (χ0v) is 13.1. The Balaban J connectivity index is 2.14. The van der Waals surface area contributed by atoms with Gasteiger partial charge in [-0.15, -0.1) is 0 Å². The molecule has 1 aliphatic heterocycles. The van der Waals surface area contributed by atoms with Crippen LogP contribution >= 0.6 is 23.2 Å². The van der Waals surface area contributed by atoms with Crippen molar-refractivity contribution in [1.29, 1.82) is 0 Å². The highest BCUT2D eigenvalue weighted by Gasteiger charge is 2.21. The van der Waals surface area contributed by atoms with E-state index in [0.717, 1.165) is 55.6 Å². The van der Waals surface area contributed by atoms with Crippen LogP contribution < -0.4 is 5.32 Å². The van der Waals surface area contributed by atoms with Crippen LogP contribution in [0.5, 0.6) is 0 Å². The molecule has 0 amide bonds. The van der Waals surface area contributed by atoms with Crippen molar-refractivity contribution < 1.29 is 0 Å². The van der Waals surface area contributed by atoms with E-state index < -0.39 is 0 Å². The van der Waals surface area contributed by atoms with E-state index in [-0.39, 0.29) is 0 Å². The smallest absolute Gasteiger partial charge is 0.110 e. The number of rotatable bonds is 3. The lowest BCUT2D eigenvalue weighted by molar-refractivity contribution is 0.366. The van der Waals surface area contributed by atoms with Crippen molar-refractivity contribution in [2.75, 3.05) is 13.1 Å². The first-order valence-electron chi connectivity index (χ1n) is 7.27. The van der Waals surface area contributed by atoms with Crippen LogP contribution in [-0.4, -0.2) is 22.6 Å². The van der Waals surface area contributed by atoms with Gasteiger partial charge in [0.05, 0.1) is 21.1 Å². The van der Waals surface area contributed by atoms with Gasteiger partial charge in [-0.05, 0) is 44.5 Å². The van der Waals surface area contributed by atoms with E-state index in [2.05, 4.69) is 16.8 Å². The molecule has 0 saturated carbocycles. The van der Waals surface area contributed by atoms with E-state index in [4.69, 9.17) is 28.2 Å². The highest BCUT2D eigenvalue weighted by Crippen LogP contribution is 2.32. The molecule has 20 heavy (non-hydrogen) atoms. The number of aromatic nitrogens is 2. The second kappa shape index (κ2) is 5.92. The van der Waals surface area contributed by atoms with Gasteiger partial charge in [0.1, 0.15) is 5.82 Å². The molecule has 0 bridgehead atoms. The first-order chi connectivity index (χ1) is 9.70. The standard InChI is InChI=1S/C15H19Cl2N3/c1-2-3-15-19-13-8-11(16)12(17)9-14(13)20(15)10-4-6-18-7-5-10/h8-10,18H,2-7H2,1H3. The number of imidazole rings is 1. The summed E-state index contributed by atoms with van der Waals surface area (Å²) in [5.41, 5.74) is 2.08. The minimum atomic E-state index is 0.514.